The number of rotatable bonds is 6. The van der Waals surface area contributed by atoms with Gasteiger partial charge in [0.25, 0.3) is 0 Å². The fourth-order valence-corrected chi connectivity index (χ4v) is 4.16. The molecule has 2 rings (SSSR count). The highest BCUT2D eigenvalue weighted by Gasteiger charge is 2.29. The third-order valence-corrected chi connectivity index (χ3v) is 5.56. The van der Waals surface area contributed by atoms with Gasteiger partial charge < -0.3 is 5.32 Å². The average Bonchev–Trinajstić information content (AvgIpc) is 2.81. The molecule has 0 bridgehead atoms. The molecule has 1 aliphatic rings. The lowest BCUT2D eigenvalue weighted by Crippen LogP contribution is -2.36. The van der Waals surface area contributed by atoms with Gasteiger partial charge in [-0.05, 0) is 43.0 Å². The molecule has 1 saturated carbocycles. The van der Waals surface area contributed by atoms with E-state index >= 15 is 0 Å². The maximum absolute atomic E-state index is 14.1. The largest absolute Gasteiger partial charge is 0.313 e. The van der Waals surface area contributed by atoms with Crippen LogP contribution in [0.5, 0.6) is 0 Å². The molecular weight excluding hydrogens is 291 g/mol. The van der Waals surface area contributed by atoms with Gasteiger partial charge in [-0.15, -0.1) is 0 Å². The van der Waals surface area contributed by atoms with Crippen molar-refractivity contribution in [2.75, 3.05) is 6.54 Å². The lowest BCUT2D eigenvalue weighted by Gasteiger charge is -2.17. The van der Waals surface area contributed by atoms with Crippen LogP contribution in [0.2, 0.25) is 0 Å². The van der Waals surface area contributed by atoms with Gasteiger partial charge in [-0.25, -0.2) is 17.5 Å². The molecule has 0 radical (unpaired) electrons. The summed E-state index contributed by atoms with van der Waals surface area (Å²) in [7, 11) is -3.79. The Morgan fingerprint density at radius 2 is 2.10 bits per heavy atom. The molecule has 1 aliphatic carbocycles. The lowest BCUT2D eigenvalue weighted by molar-refractivity contribution is 0.473. The van der Waals surface area contributed by atoms with Crippen LogP contribution >= 0.6 is 0 Å². The highest BCUT2D eigenvalue weighted by Crippen LogP contribution is 2.27. The molecule has 1 aromatic carbocycles. The summed E-state index contributed by atoms with van der Waals surface area (Å²) >= 11 is 0. The van der Waals surface area contributed by atoms with Crippen LogP contribution in [0.3, 0.4) is 0 Å². The molecule has 4 nitrogen and oxygen atoms in total. The second-order valence-corrected chi connectivity index (χ2v) is 7.36. The number of hydrogen-bond donors (Lipinski definition) is 2. The Labute approximate surface area is 126 Å². The van der Waals surface area contributed by atoms with E-state index in [4.69, 9.17) is 0 Å². The van der Waals surface area contributed by atoms with Crippen molar-refractivity contribution in [3.05, 3.63) is 29.6 Å². The normalized spacial score (nSPS) is 22.6. The van der Waals surface area contributed by atoms with Crippen LogP contribution in [0.25, 0.3) is 0 Å². The predicted octanol–water partition coefficient (Wildman–Crippen LogP) is 2.40. The monoisotopic (exact) mass is 314 g/mol. The molecular formula is C15H23FN2O2S. The summed E-state index contributed by atoms with van der Waals surface area (Å²) in [4.78, 5) is -0.262. The molecule has 0 aromatic heterocycles. The first-order chi connectivity index (χ1) is 9.94. The fraction of sp³-hybridized carbons (Fsp3) is 0.600. The van der Waals surface area contributed by atoms with E-state index in [0.29, 0.717) is 12.5 Å². The molecule has 0 heterocycles. The Morgan fingerprint density at radius 1 is 1.33 bits per heavy atom. The van der Waals surface area contributed by atoms with Crippen molar-refractivity contribution in [1.29, 1.82) is 0 Å². The first-order valence-electron chi connectivity index (χ1n) is 7.45. The van der Waals surface area contributed by atoms with Crippen LogP contribution in [0.4, 0.5) is 4.39 Å². The van der Waals surface area contributed by atoms with E-state index in [1.54, 1.807) is 6.07 Å². The zero-order valence-corrected chi connectivity index (χ0v) is 13.3. The van der Waals surface area contributed by atoms with Gasteiger partial charge in [0.15, 0.2) is 0 Å². The van der Waals surface area contributed by atoms with Gasteiger partial charge in [0, 0.05) is 12.6 Å². The van der Waals surface area contributed by atoms with Gasteiger partial charge >= 0.3 is 0 Å². The third-order valence-electron chi connectivity index (χ3n) is 4.03. The van der Waals surface area contributed by atoms with Crippen molar-refractivity contribution in [1.82, 2.24) is 10.0 Å². The van der Waals surface area contributed by atoms with Crippen molar-refractivity contribution in [3.8, 4) is 0 Å². The van der Waals surface area contributed by atoms with E-state index in [-0.39, 0.29) is 10.9 Å². The Kier molecular flexibility index (Phi) is 5.35. The van der Waals surface area contributed by atoms with Crippen LogP contribution in [-0.2, 0) is 16.6 Å². The van der Waals surface area contributed by atoms with Gasteiger partial charge in [-0.1, -0.05) is 26.3 Å². The summed E-state index contributed by atoms with van der Waals surface area (Å²) in [6, 6.07) is 4.20. The molecule has 118 valence electrons. The van der Waals surface area contributed by atoms with Crippen molar-refractivity contribution in [2.45, 2.75) is 50.6 Å². The zero-order valence-electron chi connectivity index (χ0n) is 12.5. The van der Waals surface area contributed by atoms with Crippen molar-refractivity contribution < 1.29 is 12.8 Å². The predicted molar refractivity (Wildman–Crippen MR) is 80.9 cm³/mol. The molecule has 0 spiro atoms. The first-order valence-corrected chi connectivity index (χ1v) is 8.94. The van der Waals surface area contributed by atoms with Crippen LogP contribution in [0.1, 0.15) is 38.7 Å². The second kappa shape index (κ2) is 6.85. The van der Waals surface area contributed by atoms with Gasteiger partial charge in [-0.2, -0.15) is 0 Å². The average molecular weight is 314 g/mol. The minimum absolute atomic E-state index is 0.0872. The van der Waals surface area contributed by atoms with Gasteiger partial charge in [0.1, 0.15) is 10.7 Å². The summed E-state index contributed by atoms with van der Waals surface area (Å²) in [5, 5.41) is 3.08. The SMILES string of the molecule is CCNCc1ccc(S(=O)(=O)NC2CCCC2C)c(F)c1. The Balaban J connectivity index is 2.16. The zero-order chi connectivity index (χ0) is 15.5. The fourth-order valence-electron chi connectivity index (χ4n) is 2.72. The maximum atomic E-state index is 14.1. The van der Waals surface area contributed by atoms with Crippen LogP contribution in [-0.4, -0.2) is 21.0 Å². The van der Waals surface area contributed by atoms with Gasteiger partial charge in [0.2, 0.25) is 10.0 Å². The minimum Gasteiger partial charge on any atom is -0.313 e. The topological polar surface area (TPSA) is 58.2 Å². The van der Waals surface area contributed by atoms with Crippen LogP contribution in [0, 0.1) is 11.7 Å². The molecule has 0 amide bonds. The molecule has 0 saturated heterocycles. The summed E-state index contributed by atoms with van der Waals surface area (Å²) in [6.45, 7) is 5.29. The number of benzene rings is 1. The first kappa shape index (κ1) is 16.4. The van der Waals surface area contributed by atoms with E-state index < -0.39 is 15.8 Å². The molecule has 21 heavy (non-hydrogen) atoms. The number of hydrogen-bond acceptors (Lipinski definition) is 3. The molecule has 0 aliphatic heterocycles. The summed E-state index contributed by atoms with van der Waals surface area (Å²) in [5.41, 5.74) is 0.738. The summed E-state index contributed by atoms with van der Waals surface area (Å²) < 4.78 is 41.4. The van der Waals surface area contributed by atoms with E-state index in [9.17, 15) is 12.8 Å². The number of halogens is 1. The molecule has 2 N–H and O–H groups in total. The maximum Gasteiger partial charge on any atom is 0.243 e. The number of nitrogens with one attached hydrogen (secondary N) is 2. The van der Waals surface area contributed by atoms with Crippen molar-refractivity contribution >= 4 is 10.0 Å². The van der Waals surface area contributed by atoms with Crippen LogP contribution in [0.15, 0.2) is 23.1 Å². The lowest BCUT2D eigenvalue weighted by atomic mass is 10.1. The Bertz CT molecular complexity index is 589. The van der Waals surface area contributed by atoms with Gasteiger partial charge in [0.05, 0.1) is 0 Å². The van der Waals surface area contributed by atoms with Crippen molar-refractivity contribution in [3.63, 3.8) is 0 Å². The second-order valence-electron chi connectivity index (χ2n) is 5.68. The van der Waals surface area contributed by atoms with E-state index in [1.165, 1.54) is 12.1 Å². The molecule has 2 unspecified atom stereocenters. The van der Waals surface area contributed by atoms with E-state index in [2.05, 4.69) is 10.0 Å². The molecule has 1 fully saturated rings. The smallest absolute Gasteiger partial charge is 0.243 e. The standard InChI is InChI=1S/C15H23FN2O2S/c1-3-17-10-12-7-8-15(13(16)9-12)21(19,20)18-14-6-4-5-11(14)2/h7-9,11,14,17-18H,3-6,10H2,1-2H3. The van der Waals surface area contributed by atoms with Gasteiger partial charge in [-0.3, -0.25) is 0 Å². The summed E-state index contributed by atoms with van der Waals surface area (Å²) in [5.74, 6) is -0.389. The van der Waals surface area contributed by atoms with E-state index in [0.717, 1.165) is 31.4 Å². The summed E-state index contributed by atoms with van der Waals surface area (Å²) in [6.07, 6.45) is 2.84. The van der Waals surface area contributed by atoms with Crippen molar-refractivity contribution in [2.24, 2.45) is 5.92 Å². The van der Waals surface area contributed by atoms with Crippen LogP contribution < -0.4 is 10.0 Å². The molecule has 1 aromatic rings. The minimum atomic E-state index is -3.79. The highest BCUT2D eigenvalue weighted by molar-refractivity contribution is 7.89. The Hall–Kier alpha value is -0.980. The Morgan fingerprint density at radius 3 is 2.67 bits per heavy atom. The number of sulfonamides is 1. The third kappa shape index (κ3) is 4.02. The highest BCUT2D eigenvalue weighted by atomic mass is 32.2. The molecule has 2 atom stereocenters. The quantitative estimate of drug-likeness (QED) is 0.848. The van der Waals surface area contributed by atoms with E-state index in [1.807, 2.05) is 13.8 Å². The molecule has 6 heteroatoms.